The van der Waals surface area contributed by atoms with Crippen molar-refractivity contribution in [2.45, 2.75) is 95.4 Å². The first-order valence-electron chi connectivity index (χ1n) is 13.6. The number of benzene rings is 2. The molecule has 2 aromatic rings. The van der Waals surface area contributed by atoms with Crippen LogP contribution in [0.1, 0.15) is 69.2 Å². The highest BCUT2D eigenvalue weighted by Gasteiger charge is 2.39. The van der Waals surface area contributed by atoms with Gasteiger partial charge in [-0.1, -0.05) is 56.6 Å². The van der Waals surface area contributed by atoms with E-state index in [4.69, 9.17) is 30.2 Å². The van der Waals surface area contributed by atoms with Crippen molar-refractivity contribution in [1.82, 2.24) is 0 Å². The quantitative estimate of drug-likeness (QED) is 0.241. The van der Waals surface area contributed by atoms with E-state index in [1.54, 1.807) is 0 Å². The molecule has 37 heavy (non-hydrogen) atoms. The number of aliphatic hydroxyl groups is 1. The van der Waals surface area contributed by atoms with Crippen LogP contribution in [0.5, 0.6) is 5.75 Å². The highest BCUT2D eigenvalue weighted by atomic mass is 35.5. The molecule has 3 unspecified atom stereocenters. The van der Waals surface area contributed by atoms with Crippen molar-refractivity contribution in [3.8, 4) is 5.75 Å². The molecule has 0 spiro atoms. The first-order chi connectivity index (χ1) is 17.5. The van der Waals surface area contributed by atoms with Crippen LogP contribution >= 0.6 is 11.6 Å². The van der Waals surface area contributed by atoms with Gasteiger partial charge in [-0.3, -0.25) is 0 Å². The van der Waals surface area contributed by atoms with Gasteiger partial charge in [0, 0.05) is 17.9 Å². The minimum absolute atomic E-state index is 0.121. The molecule has 2 fully saturated rings. The predicted octanol–water partition coefficient (Wildman–Crippen LogP) is 7.09. The maximum absolute atomic E-state index is 10.6. The van der Waals surface area contributed by atoms with Crippen LogP contribution in [0.2, 0.25) is 23.2 Å². The normalized spacial score (nSPS) is 22.7. The third-order valence-electron chi connectivity index (χ3n) is 7.80. The Balaban J connectivity index is 1.35. The fraction of sp³-hybridized carbons (Fsp3) is 0.600. The Kier molecular flexibility index (Phi) is 9.42. The number of rotatable bonds is 11. The van der Waals surface area contributed by atoms with E-state index in [1.165, 1.54) is 12.8 Å². The number of ether oxygens (including phenoxy) is 3. The van der Waals surface area contributed by atoms with Crippen molar-refractivity contribution in [3.05, 3.63) is 64.2 Å². The topological polar surface area (TPSA) is 57.2 Å². The van der Waals surface area contributed by atoms with Gasteiger partial charge < -0.3 is 23.7 Å². The van der Waals surface area contributed by atoms with Gasteiger partial charge in [0.05, 0.1) is 37.6 Å². The molecule has 1 saturated heterocycles. The number of hydrogen-bond acceptors (Lipinski definition) is 5. The highest BCUT2D eigenvalue weighted by molar-refractivity contribution is 6.74. The Bertz CT molecular complexity index is 1020. The summed E-state index contributed by atoms with van der Waals surface area (Å²) >= 11 is 6.59. The molecule has 1 aliphatic carbocycles. The lowest BCUT2D eigenvalue weighted by atomic mass is 9.94. The Morgan fingerprint density at radius 3 is 2.43 bits per heavy atom. The summed E-state index contributed by atoms with van der Waals surface area (Å²) in [7, 11) is -1.88. The number of halogens is 1. The van der Waals surface area contributed by atoms with E-state index in [9.17, 15) is 5.11 Å². The van der Waals surface area contributed by atoms with Gasteiger partial charge >= 0.3 is 0 Å². The standard InChI is InChI=1S/C30H43ClO5Si/c1-30(2,3)37(4,5)35-20-27-18-24(32)19-29(36-27)22-8-13-28(31)23(17-22)16-21-6-9-25(10-7-21)33-14-15-34-26-11-12-26/h6-10,13,17,24,26-27,29,32H,11-12,14-16,18-20H2,1-5H3. The SMILES string of the molecule is CC(C)(C)[Si](C)(C)OCC1CC(O)CC(c2ccc(Cl)c(Cc3ccc(OCCOC4CC4)cc3)c2)O1. The van der Waals surface area contributed by atoms with Crippen LogP contribution in [0.25, 0.3) is 0 Å². The van der Waals surface area contributed by atoms with Crippen LogP contribution < -0.4 is 4.74 Å². The zero-order valence-corrected chi connectivity index (χ0v) is 24.7. The van der Waals surface area contributed by atoms with Crippen molar-refractivity contribution in [1.29, 1.82) is 0 Å². The smallest absolute Gasteiger partial charge is 0.192 e. The van der Waals surface area contributed by atoms with E-state index in [0.717, 1.165) is 27.5 Å². The fourth-order valence-corrected chi connectivity index (χ4v) is 5.51. The monoisotopic (exact) mass is 546 g/mol. The van der Waals surface area contributed by atoms with Crippen LogP contribution in [0.15, 0.2) is 42.5 Å². The molecule has 204 valence electrons. The summed E-state index contributed by atoms with van der Waals surface area (Å²) in [5.74, 6) is 0.846. The van der Waals surface area contributed by atoms with Gasteiger partial charge in [0.25, 0.3) is 0 Å². The first kappa shape index (κ1) is 28.6. The van der Waals surface area contributed by atoms with Crippen LogP contribution in [0.4, 0.5) is 0 Å². The average Bonchev–Trinajstić information content (AvgIpc) is 3.66. The number of aliphatic hydroxyl groups excluding tert-OH is 1. The molecule has 0 aromatic heterocycles. The lowest BCUT2D eigenvalue weighted by molar-refractivity contribution is -0.111. The maximum atomic E-state index is 10.6. The van der Waals surface area contributed by atoms with Crippen molar-refractivity contribution in [3.63, 3.8) is 0 Å². The van der Waals surface area contributed by atoms with Crippen LogP contribution in [0.3, 0.4) is 0 Å². The van der Waals surface area contributed by atoms with Gasteiger partial charge in [-0.05, 0) is 72.3 Å². The van der Waals surface area contributed by atoms with Crippen LogP contribution in [-0.2, 0) is 20.3 Å². The molecule has 0 bridgehead atoms. The molecule has 1 N–H and O–H groups in total. The third kappa shape index (κ3) is 8.28. The first-order valence-corrected chi connectivity index (χ1v) is 16.9. The van der Waals surface area contributed by atoms with E-state index >= 15 is 0 Å². The zero-order valence-electron chi connectivity index (χ0n) is 23.0. The molecular formula is C30H43ClO5Si. The third-order valence-corrected chi connectivity index (χ3v) is 12.7. The Labute approximate surface area is 228 Å². The molecule has 2 aromatic carbocycles. The van der Waals surface area contributed by atoms with E-state index in [-0.39, 0.29) is 17.2 Å². The van der Waals surface area contributed by atoms with Crippen molar-refractivity contribution in [2.75, 3.05) is 19.8 Å². The summed E-state index contributed by atoms with van der Waals surface area (Å²) in [6.07, 6.45) is 4.00. The second-order valence-electron chi connectivity index (χ2n) is 12.0. The average molecular weight is 547 g/mol. The summed E-state index contributed by atoms with van der Waals surface area (Å²) in [5, 5.41) is 11.5. The van der Waals surface area contributed by atoms with Gasteiger partial charge in [-0.2, -0.15) is 0 Å². The predicted molar refractivity (Wildman–Crippen MR) is 151 cm³/mol. The Morgan fingerprint density at radius 2 is 1.76 bits per heavy atom. The molecule has 0 radical (unpaired) electrons. The summed E-state index contributed by atoms with van der Waals surface area (Å²) in [6, 6.07) is 14.2. The van der Waals surface area contributed by atoms with Crippen molar-refractivity contribution in [2.24, 2.45) is 0 Å². The molecule has 0 amide bonds. The summed E-state index contributed by atoms with van der Waals surface area (Å²) < 4.78 is 24.3. The minimum atomic E-state index is -1.88. The lowest BCUT2D eigenvalue weighted by Crippen LogP contribution is -2.44. The molecule has 5 nitrogen and oxygen atoms in total. The van der Waals surface area contributed by atoms with Gasteiger partial charge in [0.1, 0.15) is 12.4 Å². The molecule has 4 rings (SSSR count). The maximum Gasteiger partial charge on any atom is 0.192 e. The number of hydrogen-bond donors (Lipinski definition) is 1. The second kappa shape index (κ2) is 12.2. The van der Waals surface area contributed by atoms with Gasteiger partial charge in [-0.15, -0.1) is 0 Å². The Hall–Kier alpha value is -1.41. The zero-order chi connectivity index (χ0) is 26.6. The largest absolute Gasteiger partial charge is 0.491 e. The van der Waals surface area contributed by atoms with Gasteiger partial charge in [0.15, 0.2) is 8.32 Å². The summed E-state index contributed by atoms with van der Waals surface area (Å²) in [4.78, 5) is 0. The summed E-state index contributed by atoms with van der Waals surface area (Å²) in [5.41, 5.74) is 3.25. The van der Waals surface area contributed by atoms with Crippen molar-refractivity contribution >= 4 is 19.9 Å². The molecule has 3 atom stereocenters. The molecule has 2 aliphatic rings. The van der Waals surface area contributed by atoms with Crippen molar-refractivity contribution < 1.29 is 23.7 Å². The van der Waals surface area contributed by atoms with E-state index in [2.05, 4.69) is 52.1 Å². The van der Waals surface area contributed by atoms with Crippen LogP contribution in [-0.4, -0.2) is 51.6 Å². The molecule has 1 aliphatic heterocycles. The molecule has 1 heterocycles. The minimum Gasteiger partial charge on any atom is -0.491 e. The second-order valence-corrected chi connectivity index (χ2v) is 17.2. The fourth-order valence-electron chi connectivity index (χ4n) is 4.29. The Morgan fingerprint density at radius 1 is 1.03 bits per heavy atom. The van der Waals surface area contributed by atoms with Gasteiger partial charge in [0.2, 0.25) is 0 Å². The van der Waals surface area contributed by atoms with E-state index in [1.807, 2.05) is 24.3 Å². The van der Waals surface area contributed by atoms with E-state index < -0.39 is 14.4 Å². The van der Waals surface area contributed by atoms with Gasteiger partial charge in [-0.25, -0.2) is 0 Å². The van der Waals surface area contributed by atoms with E-state index in [0.29, 0.717) is 45.2 Å². The summed E-state index contributed by atoms with van der Waals surface area (Å²) in [6.45, 7) is 12.9. The van der Waals surface area contributed by atoms with Crippen LogP contribution in [0, 0.1) is 0 Å². The molecule has 7 heteroatoms. The highest BCUT2D eigenvalue weighted by Crippen LogP contribution is 2.38. The molecule has 1 saturated carbocycles. The lowest BCUT2D eigenvalue weighted by Gasteiger charge is -2.39. The molecular weight excluding hydrogens is 504 g/mol.